The van der Waals surface area contributed by atoms with Crippen molar-refractivity contribution in [2.75, 3.05) is 7.05 Å². The van der Waals surface area contributed by atoms with Gasteiger partial charge in [0.15, 0.2) is 0 Å². The molecule has 0 aliphatic rings. The standard InChI is InChI=1S/C12H12FN3/c1-14-11(12-15-7-4-8-16-12)9-5-2-3-6-10(9)13/h2-8,11,14H,1H3. The van der Waals surface area contributed by atoms with Gasteiger partial charge in [-0.3, -0.25) is 0 Å². The lowest BCUT2D eigenvalue weighted by Gasteiger charge is -2.15. The fourth-order valence-electron chi connectivity index (χ4n) is 1.59. The molecule has 1 atom stereocenters. The topological polar surface area (TPSA) is 37.8 Å². The fourth-order valence-corrected chi connectivity index (χ4v) is 1.59. The predicted molar refractivity (Wildman–Crippen MR) is 59.3 cm³/mol. The Kier molecular flexibility index (Phi) is 3.22. The maximum atomic E-state index is 13.6. The van der Waals surface area contributed by atoms with Crippen molar-refractivity contribution in [3.8, 4) is 0 Å². The highest BCUT2D eigenvalue weighted by atomic mass is 19.1. The van der Waals surface area contributed by atoms with Crippen molar-refractivity contribution in [2.24, 2.45) is 0 Å². The zero-order chi connectivity index (χ0) is 11.4. The summed E-state index contributed by atoms with van der Waals surface area (Å²) in [4.78, 5) is 8.25. The van der Waals surface area contributed by atoms with E-state index in [0.29, 0.717) is 11.4 Å². The number of nitrogens with zero attached hydrogens (tertiary/aromatic N) is 2. The average Bonchev–Trinajstić information content (AvgIpc) is 2.34. The van der Waals surface area contributed by atoms with Crippen LogP contribution in [0.1, 0.15) is 17.4 Å². The SMILES string of the molecule is CNC(c1ncccn1)c1ccccc1F. The second-order valence-electron chi connectivity index (χ2n) is 3.35. The number of rotatable bonds is 3. The van der Waals surface area contributed by atoms with Crippen LogP contribution in [0.25, 0.3) is 0 Å². The van der Waals surface area contributed by atoms with Crippen molar-refractivity contribution in [2.45, 2.75) is 6.04 Å². The smallest absolute Gasteiger partial charge is 0.149 e. The quantitative estimate of drug-likeness (QED) is 0.853. The van der Waals surface area contributed by atoms with Gasteiger partial charge in [-0.2, -0.15) is 0 Å². The molecule has 0 fully saturated rings. The molecule has 1 aromatic carbocycles. The molecular formula is C12H12FN3. The van der Waals surface area contributed by atoms with Gasteiger partial charge in [0.2, 0.25) is 0 Å². The van der Waals surface area contributed by atoms with E-state index in [4.69, 9.17) is 0 Å². The summed E-state index contributed by atoms with van der Waals surface area (Å²) in [5.74, 6) is 0.310. The van der Waals surface area contributed by atoms with E-state index < -0.39 is 0 Å². The summed E-state index contributed by atoms with van der Waals surface area (Å²) in [6.07, 6.45) is 3.29. The second kappa shape index (κ2) is 4.81. The lowest BCUT2D eigenvalue weighted by Crippen LogP contribution is -2.21. The van der Waals surface area contributed by atoms with Gasteiger partial charge in [-0.1, -0.05) is 18.2 Å². The fraction of sp³-hybridized carbons (Fsp3) is 0.167. The van der Waals surface area contributed by atoms with Crippen molar-refractivity contribution in [1.29, 1.82) is 0 Å². The number of hydrogen-bond donors (Lipinski definition) is 1. The van der Waals surface area contributed by atoms with Crippen LogP contribution in [0.2, 0.25) is 0 Å². The third-order valence-corrected chi connectivity index (χ3v) is 2.35. The van der Waals surface area contributed by atoms with Crippen LogP contribution in [-0.2, 0) is 0 Å². The third-order valence-electron chi connectivity index (χ3n) is 2.35. The summed E-state index contributed by atoms with van der Waals surface area (Å²) in [6.45, 7) is 0. The Bertz CT molecular complexity index is 459. The van der Waals surface area contributed by atoms with Gasteiger partial charge in [-0.25, -0.2) is 14.4 Å². The monoisotopic (exact) mass is 217 g/mol. The van der Waals surface area contributed by atoms with Crippen molar-refractivity contribution >= 4 is 0 Å². The van der Waals surface area contributed by atoms with Crippen LogP contribution in [-0.4, -0.2) is 17.0 Å². The van der Waals surface area contributed by atoms with Crippen LogP contribution < -0.4 is 5.32 Å². The first-order chi connectivity index (χ1) is 7.83. The molecule has 1 unspecified atom stereocenters. The first-order valence-corrected chi connectivity index (χ1v) is 5.01. The summed E-state index contributed by atoms with van der Waals surface area (Å²) >= 11 is 0. The Morgan fingerprint density at radius 2 is 1.81 bits per heavy atom. The van der Waals surface area contributed by atoms with Gasteiger partial charge in [0.25, 0.3) is 0 Å². The molecule has 16 heavy (non-hydrogen) atoms. The predicted octanol–water partition coefficient (Wildman–Crippen LogP) is 1.92. The Morgan fingerprint density at radius 1 is 1.12 bits per heavy atom. The number of benzene rings is 1. The molecular weight excluding hydrogens is 205 g/mol. The molecule has 0 saturated heterocycles. The van der Waals surface area contributed by atoms with E-state index in [9.17, 15) is 4.39 Å². The molecule has 1 heterocycles. The molecule has 0 amide bonds. The summed E-state index contributed by atoms with van der Waals surface area (Å²) in [6, 6.07) is 8.04. The van der Waals surface area contributed by atoms with E-state index in [1.165, 1.54) is 6.07 Å². The van der Waals surface area contributed by atoms with Crippen LogP contribution in [0.15, 0.2) is 42.7 Å². The molecule has 0 saturated carbocycles. The van der Waals surface area contributed by atoms with Crippen LogP contribution in [0.4, 0.5) is 4.39 Å². The molecule has 0 aliphatic carbocycles. The Balaban J connectivity index is 2.41. The summed E-state index contributed by atoms with van der Waals surface area (Å²) in [7, 11) is 1.76. The number of aromatic nitrogens is 2. The molecule has 3 nitrogen and oxygen atoms in total. The van der Waals surface area contributed by atoms with E-state index >= 15 is 0 Å². The molecule has 0 radical (unpaired) electrons. The zero-order valence-electron chi connectivity index (χ0n) is 8.89. The van der Waals surface area contributed by atoms with Gasteiger partial charge in [0.1, 0.15) is 11.6 Å². The normalized spacial score (nSPS) is 12.4. The van der Waals surface area contributed by atoms with Gasteiger partial charge in [-0.05, 0) is 19.2 Å². The summed E-state index contributed by atoms with van der Waals surface area (Å²) < 4.78 is 13.6. The van der Waals surface area contributed by atoms with Gasteiger partial charge in [0, 0.05) is 18.0 Å². The lowest BCUT2D eigenvalue weighted by atomic mass is 10.1. The van der Waals surface area contributed by atoms with Gasteiger partial charge >= 0.3 is 0 Å². The van der Waals surface area contributed by atoms with Crippen molar-refractivity contribution < 1.29 is 4.39 Å². The lowest BCUT2D eigenvalue weighted by molar-refractivity contribution is 0.562. The Labute approximate surface area is 93.4 Å². The van der Waals surface area contributed by atoms with E-state index in [1.54, 1.807) is 43.7 Å². The van der Waals surface area contributed by atoms with E-state index in [0.717, 1.165) is 0 Å². The maximum Gasteiger partial charge on any atom is 0.149 e. The third kappa shape index (κ3) is 2.06. The van der Waals surface area contributed by atoms with E-state index in [2.05, 4.69) is 15.3 Å². The molecule has 2 rings (SSSR count). The first-order valence-electron chi connectivity index (χ1n) is 5.01. The largest absolute Gasteiger partial charge is 0.307 e. The highest BCUT2D eigenvalue weighted by molar-refractivity contribution is 5.26. The van der Waals surface area contributed by atoms with Crippen molar-refractivity contribution in [3.05, 3.63) is 59.9 Å². The van der Waals surface area contributed by atoms with Crippen molar-refractivity contribution in [3.63, 3.8) is 0 Å². The molecule has 0 aliphatic heterocycles. The molecule has 0 bridgehead atoms. The number of hydrogen-bond acceptors (Lipinski definition) is 3. The van der Waals surface area contributed by atoms with Crippen molar-refractivity contribution in [1.82, 2.24) is 15.3 Å². The van der Waals surface area contributed by atoms with Gasteiger partial charge < -0.3 is 5.32 Å². The van der Waals surface area contributed by atoms with Crippen LogP contribution in [0, 0.1) is 5.82 Å². The minimum atomic E-state index is -0.317. The summed E-state index contributed by atoms with van der Waals surface area (Å²) in [5, 5.41) is 3.01. The van der Waals surface area contributed by atoms with Crippen LogP contribution >= 0.6 is 0 Å². The number of nitrogens with one attached hydrogen (secondary N) is 1. The van der Waals surface area contributed by atoms with Crippen LogP contribution in [0.3, 0.4) is 0 Å². The average molecular weight is 217 g/mol. The molecule has 0 spiro atoms. The Hall–Kier alpha value is -1.81. The van der Waals surface area contributed by atoms with E-state index in [-0.39, 0.29) is 11.9 Å². The molecule has 4 heteroatoms. The van der Waals surface area contributed by atoms with Gasteiger partial charge in [0.05, 0.1) is 6.04 Å². The first kappa shape index (κ1) is 10.7. The molecule has 82 valence electrons. The zero-order valence-corrected chi connectivity index (χ0v) is 8.89. The maximum absolute atomic E-state index is 13.6. The van der Waals surface area contributed by atoms with E-state index in [1.807, 2.05) is 0 Å². The highest BCUT2D eigenvalue weighted by Gasteiger charge is 2.17. The molecule has 1 N–H and O–H groups in total. The van der Waals surface area contributed by atoms with Gasteiger partial charge in [-0.15, -0.1) is 0 Å². The second-order valence-corrected chi connectivity index (χ2v) is 3.35. The minimum Gasteiger partial charge on any atom is -0.307 e. The molecule has 2 aromatic rings. The minimum absolute atomic E-state index is 0.255. The van der Waals surface area contributed by atoms with Crippen LogP contribution in [0.5, 0.6) is 0 Å². The number of halogens is 1. The highest BCUT2D eigenvalue weighted by Crippen LogP contribution is 2.20. The summed E-state index contributed by atoms with van der Waals surface area (Å²) in [5.41, 5.74) is 0.552. The molecule has 1 aromatic heterocycles. The Morgan fingerprint density at radius 3 is 2.44 bits per heavy atom.